The van der Waals surface area contributed by atoms with Gasteiger partial charge in [0, 0.05) is 32.4 Å². The van der Waals surface area contributed by atoms with Crippen molar-refractivity contribution in [3.05, 3.63) is 23.0 Å². The molecule has 0 spiro atoms. The average molecular weight is 262 g/mol. The molecule has 0 aliphatic heterocycles. The Bertz CT molecular complexity index is 463. The molecule has 0 aliphatic rings. The van der Waals surface area contributed by atoms with E-state index in [2.05, 4.69) is 51.2 Å². The van der Waals surface area contributed by atoms with Gasteiger partial charge in [0.15, 0.2) is 0 Å². The van der Waals surface area contributed by atoms with Gasteiger partial charge in [0.2, 0.25) is 0 Å². The van der Waals surface area contributed by atoms with E-state index in [0.717, 1.165) is 31.0 Å². The van der Waals surface area contributed by atoms with Gasteiger partial charge >= 0.3 is 0 Å². The molecule has 4 heteroatoms. The molecule has 4 nitrogen and oxygen atoms in total. The van der Waals surface area contributed by atoms with E-state index >= 15 is 0 Å². The largest absolute Gasteiger partial charge is 0.340 e. The van der Waals surface area contributed by atoms with Gasteiger partial charge in [-0.25, -0.2) is 0 Å². The minimum Gasteiger partial charge on any atom is -0.340 e. The van der Waals surface area contributed by atoms with E-state index in [1.54, 1.807) is 0 Å². The Hall–Kier alpha value is -1.31. The molecular weight excluding hydrogens is 236 g/mol. The summed E-state index contributed by atoms with van der Waals surface area (Å²) in [7, 11) is 6.14. The highest BCUT2D eigenvalue weighted by Crippen LogP contribution is 2.16. The van der Waals surface area contributed by atoms with Crippen LogP contribution in [0.5, 0.6) is 0 Å². The fourth-order valence-corrected chi connectivity index (χ4v) is 2.50. The third kappa shape index (κ3) is 4.38. The third-order valence-electron chi connectivity index (χ3n) is 3.42. The SMILES string of the molecule is Cc1c(CNCC(C)(C)CN(C)C)cc(C#N)n1C. The molecule has 1 heterocycles. The van der Waals surface area contributed by atoms with Crippen LogP contribution in [-0.2, 0) is 13.6 Å². The molecule has 0 aromatic carbocycles. The van der Waals surface area contributed by atoms with Gasteiger partial charge in [-0.15, -0.1) is 0 Å². The minimum atomic E-state index is 0.240. The summed E-state index contributed by atoms with van der Waals surface area (Å²) < 4.78 is 1.95. The van der Waals surface area contributed by atoms with E-state index in [-0.39, 0.29) is 5.41 Å². The molecule has 1 rings (SSSR count). The van der Waals surface area contributed by atoms with Crippen molar-refractivity contribution >= 4 is 0 Å². The van der Waals surface area contributed by atoms with Crippen molar-refractivity contribution in [1.29, 1.82) is 5.26 Å². The summed E-state index contributed by atoms with van der Waals surface area (Å²) in [6.45, 7) is 9.41. The molecule has 0 bridgehead atoms. The molecule has 0 saturated carbocycles. The Labute approximate surface area is 117 Å². The summed E-state index contributed by atoms with van der Waals surface area (Å²) in [5, 5.41) is 12.5. The van der Waals surface area contributed by atoms with Crippen molar-refractivity contribution < 1.29 is 0 Å². The Morgan fingerprint density at radius 3 is 2.53 bits per heavy atom. The first-order valence-electron chi connectivity index (χ1n) is 6.67. The van der Waals surface area contributed by atoms with E-state index in [1.165, 1.54) is 5.56 Å². The normalized spacial score (nSPS) is 11.9. The van der Waals surface area contributed by atoms with E-state index in [9.17, 15) is 0 Å². The number of aromatic nitrogens is 1. The van der Waals surface area contributed by atoms with Gasteiger partial charge in [0.25, 0.3) is 0 Å². The van der Waals surface area contributed by atoms with Crippen molar-refractivity contribution in [1.82, 2.24) is 14.8 Å². The summed E-state index contributed by atoms with van der Waals surface area (Å²) in [6, 6.07) is 4.19. The zero-order chi connectivity index (χ0) is 14.6. The van der Waals surface area contributed by atoms with Gasteiger partial charge in [-0.1, -0.05) is 13.8 Å². The van der Waals surface area contributed by atoms with Crippen LogP contribution in [0.4, 0.5) is 0 Å². The van der Waals surface area contributed by atoms with Crippen LogP contribution in [0.2, 0.25) is 0 Å². The van der Waals surface area contributed by atoms with Crippen LogP contribution < -0.4 is 5.32 Å². The molecule has 0 radical (unpaired) electrons. The summed E-state index contributed by atoms with van der Waals surface area (Å²) in [5.41, 5.74) is 3.33. The lowest BCUT2D eigenvalue weighted by atomic mass is 9.93. The first-order chi connectivity index (χ1) is 8.76. The van der Waals surface area contributed by atoms with Crippen molar-refractivity contribution in [2.45, 2.75) is 27.3 Å². The molecule has 0 saturated heterocycles. The number of nitrogens with one attached hydrogen (secondary N) is 1. The Morgan fingerprint density at radius 1 is 1.42 bits per heavy atom. The molecule has 106 valence electrons. The van der Waals surface area contributed by atoms with Crippen LogP contribution in [0, 0.1) is 23.7 Å². The maximum Gasteiger partial charge on any atom is 0.120 e. The second-order valence-electron chi connectivity index (χ2n) is 6.32. The first kappa shape index (κ1) is 15.7. The minimum absolute atomic E-state index is 0.240. The topological polar surface area (TPSA) is 44.0 Å². The molecule has 0 atom stereocenters. The Morgan fingerprint density at radius 2 is 2.05 bits per heavy atom. The number of rotatable bonds is 6. The Kier molecular flexibility index (Phi) is 5.16. The maximum atomic E-state index is 9.01. The first-order valence-corrected chi connectivity index (χ1v) is 6.67. The fraction of sp³-hybridized carbons (Fsp3) is 0.667. The van der Waals surface area contributed by atoms with Gasteiger partial charge < -0.3 is 14.8 Å². The monoisotopic (exact) mass is 262 g/mol. The van der Waals surface area contributed by atoms with Gasteiger partial charge in [0.1, 0.15) is 11.8 Å². The van der Waals surface area contributed by atoms with Crippen molar-refractivity contribution in [2.24, 2.45) is 12.5 Å². The lowest BCUT2D eigenvalue weighted by Crippen LogP contribution is -2.37. The summed E-state index contributed by atoms with van der Waals surface area (Å²) in [4.78, 5) is 2.21. The highest BCUT2D eigenvalue weighted by atomic mass is 15.1. The van der Waals surface area contributed by atoms with Gasteiger partial charge in [-0.3, -0.25) is 0 Å². The Balaban J connectivity index is 2.57. The molecular formula is C15H26N4. The molecule has 19 heavy (non-hydrogen) atoms. The second-order valence-corrected chi connectivity index (χ2v) is 6.32. The molecule has 0 amide bonds. The van der Waals surface area contributed by atoms with Crippen molar-refractivity contribution in [2.75, 3.05) is 27.2 Å². The van der Waals surface area contributed by atoms with E-state index in [4.69, 9.17) is 5.26 Å². The smallest absolute Gasteiger partial charge is 0.120 e. The van der Waals surface area contributed by atoms with Crippen LogP contribution in [0.3, 0.4) is 0 Å². The number of nitrogens with zero attached hydrogens (tertiary/aromatic N) is 3. The molecule has 1 aromatic rings. The molecule has 1 aromatic heterocycles. The maximum absolute atomic E-state index is 9.01. The quantitative estimate of drug-likeness (QED) is 0.851. The molecule has 0 aliphatic carbocycles. The van der Waals surface area contributed by atoms with Crippen LogP contribution in [0.1, 0.15) is 30.8 Å². The zero-order valence-corrected chi connectivity index (χ0v) is 13.0. The number of nitriles is 1. The van der Waals surface area contributed by atoms with Gasteiger partial charge in [-0.2, -0.15) is 5.26 Å². The third-order valence-corrected chi connectivity index (χ3v) is 3.42. The fourth-order valence-electron chi connectivity index (χ4n) is 2.50. The molecule has 1 N–H and O–H groups in total. The van der Waals surface area contributed by atoms with E-state index in [0.29, 0.717) is 0 Å². The highest BCUT2D eigenvalue weighted by molar-refractivity contribution is 5.34. The second kappa shape index (κ2) is 6.23. The van der Waals surface area contributed by atoms with Crippen LogP contribution in [0.15, 0.2) is 6.07 Å². The number of hydrogen-bond acceptors (Lipinski definition) is 3. The standard InChI is InChI=1S/C15H26N4/c1-12-13(7-14(8-16)19(12)6)9-17-10-15(2,3)11-18(4)5/h7,17H,9-11H2,1-6H3. The predicted octanol–water partition coefficient (Wildman–Crippen LogP) is 1.88. The van der Waals surface area contributed by atoms with Crippen LogP contribution in [-0.4, -0.2) is 36.7 Å². The zero-order valence-electron chi connectivity index (χ0n) is 13.0. The van der Waals surface area contributed by atoms with Crippen LogP contribution in [0.25, 0.3) is 0 Å². The van der Waals surface area contributed by atoms with Gasteiger partial charge in [-0.05, 0) is 38.1 Å². The molecule has 0 fully saturated rings. The highest BCUT2D eigenvalue weighted by Gasteiger charge is 2.18. The van der Waals surface area contributed by atoms with Crippen LogP contribution >= 0.6 is 0 Å². The summed E-state index contributed by atoms with van der Waals surface area (Å²) in [6.07, 6.45) is 0. The predicted molar refractivity (Wildman–Crippen MR) is 78.9 cm³/mol. The van der Waals surface area contributed by atoms with Crippen molar-refractivity contribution in [3.63, 3.8) is 0 Å². The van der Waals surface area contributed by atoms with E-state index < -0.39 is 0 Å². The lowest BCUT2D eigenvalue weighted by Gasteiger charge is -2.28. The van der Waals surface area contributed by atoms with E-state index in [1.807, 2.05) is 17.7 Å². The molecule has 0 unspecified atom stereocenters. The average Bonchev–Trinajstić information content (AvgIpc) is 2.55. The van der Waals surface area contributed by atoms with Crippen molar-refractivity contribution in [3.8, 4) is 6.07 Å². The summed E-state index contributed by atoms with van der Waals surface area (Å²) in [5.74, 6) is 0. The summed E-state index contributed by atoms with van der Waals surface area (Å²) >= 11 is 0. The van der Waals surface area contributed by atoms with Gasteiger partial charge in [0.05, 0.1) is 0 Å². The lowest BCUT2D eigenvalue weighted by molar-refractivity contribution is 0.232. The number of hydrogen-bond donors (Lipinski definition) is 1.